The Morgan fingerprint density at radius 3 is 2.50 bits per heavy atom. The molecular formula is C29H23N5. The first kappa shape index (κ1) is 19.1. The summed E-state index contributed by atoms with van der Waals surface area (Å²) in [5.41, 5.74) is 10.3. The van der Waals surface area contributed by atoms with E-state index in [4.69, 9.17) is 0 Å². The van der Waals surface area contributed by atoms with Crippen LogP contribution in [0.2, 0.25) is 0 Å². The first-order valence-corrected chi connectivity index (χ1v) is 11.5. The minimum absolute atomic E-state index is 0.516. The lowest BCUT2D eigenvalue weighted by Crippen LogP contribution is -2.30. The molecule has 1 unspecified atom stereocenters. The van der Waals surface area contributed by atoms with Gasteiger partial charge >= 0.3 is 0 Å². The van der Waals surface area contributed by atoms with E-state index < -0.39 is 5.41 Å². The molecule has 2 aromatic heterocycles. The fourth-order valence-electron chi connectivity index (χ4n) is 5.85. The number of aromatic nitrogens is 3. The van der Waals surface area contributed by atoms with Crippen LogP contribution in [0.15, 0.2) is 104 Å². The number of nitrogens with one attached hydrogen (secondary N) is 1. The van der Waals surface area contributed by atoms with Crippen molar-refractivity contribution in [2.45, 2.75) is 5.41 Å². The second kappa shape index (κ2) is 7.06. The van der Waals surface area contributed by atoms with Crippen LogP contribution in [0.1, 0.15) is 22.4 Å². The van der Waals surface area contributed by atoms with Crippen molar-refractivity contribution < 1.29 is 0 Å². The number of hydrogen-bond donors (Lipinski definition) is 1. The van der Waals surface area contributed by atoms with Crippen molar-refractivity contribution in [1.29, 1.82) is 0 Å². The number of para-hydroxylation sites is 2. The van der Waals surface area contributed by atoms with E-state index in [2.05, 4.69) is 117 Å². The number of fused-ring (bicyclic) bond motifs is 4. The van der Waals surface area contributed by atoms with E-state index in [-0.39, 0.29) is 0 Å². The van der Waals surface area contributed by atoms with Gasteiger partial charge in [0, 0.05) is 31.3 Å². The summed E-state index contributed by atoms with van der Waals surface area (Å²) in [6.45, 7) is 0.814. The van der Waals surface area contributed by atoms with E-state index in [0.29, 0.717) is 0 Å². The maximum Gasteiger partial charge on any atom is 0.0950 e. The molecule has 3 aromatic carbocycles. The van der Waals surface area contributed by atoms with Gasteiger partial charge in [-0.1, -0.05) is 48.5 Å². The summed E-state index contributed by atoms with van der Waals surface area (Å²) in [7, 11) is 2.14. The third-order valence-electron chi connectivity index (χ3n) is 7.28. The van der Waals surface area contributed by atoms with Crippen LogP contribution in [0.5, 0.6) is 0 Å². The fourth-order valence-corrected chi connectivity index (χ4v) is 5.85. The lowest BCUT2D eigenvalue weighted by molar-refractivity contribution is 0.724. The van der Waals surface area contributed by atoms with Gasteiger partial charge in [-0.3, -0.25) is 10.1 Å². The van der Waals surface area contributed by atoms with Crippen LogP contribution in [-0.4, -0.2) is 28.9 Å². The first-order valence-electron chi connectivity index (χ1n) is 11.5. The number of pyridine rings is 1. The number of aromatic amines is 1. The third kappa shape index (κ3) is 2.44. The van der Waals surface area contributed by atoms with Crippen molar-refractivity contribution in [2.75, 3.05) is 23.5 Å². The summed E-state index contributed by atoms with van der Waals surface area (Å²) in [4.78, 5) is 9.23. The smallest absolute Gasteiger partial charge is 0.0950 e. The monoisotopic (exact) mass is 441 g/mol. The van der Waals surface area contributed by atoms with Gasteiger partial charge < -0.3 is 9.80 Å². The zero-order chi connectivity index (χ0) is 22.7. The quantitative estimate of drug-likeness (QED) is 0.382. The standard InChI is InChI=1S/C29H23N5/c1-33-19-34(27-12-5-4-11-26(27)33)21-8-6-7-20(17-21)29(28-14-16-31-32-28)24-10-3-2-9-22(24)23-13-15-30-18-25(23)29/h2-18H,19H2,1H3,(H,31,32). The van der Waals surface area contributed by atoms with Crippen LogP contribution in [-0.2, 0) is 5.41 Å². The molecule has 0 fully saturated rings. The molecule has 164 valence electrons. The zero-order valence-corrected chi connectivity index (χ0v) is 18.8. The molecule has 5 nitrogen and oxygen atoms in total. The minimum atomic E-state index is -0.516. The van der Waals surface area contributed by atoms with Gasteiger partial charge in [0.1, 0.15) is 0 Å². The summed E-state index contributed by atoms with van der Waals surface area (Å²) >= 11 is 0. The summed E-state index contributed by atoms with van der Waals surface area (Å²) in [6, 6.07) is 30.4. The molecule has 1 aliphatic carbocycles. The van der Waals surface area contributed by atoms with E-state index in [1.165, 1.54) is 44.9 Å². The number of benzene rings is 3. The van der Waals surface area contributed by atoms with Crippen molar-refractivity contribution in [3.05, 3.63) is 126 Å². The predicted octanol–water partition coefficient (Wildman–Crippen LogP) is 5.71. The summed E-state index contributed by atoms with van der Waals surface area (Å²) in [5.74, 6) is 0. The largest absolute Gasteiger partial charge is 0.355 e. The molecule has 1 N–H and O–H groups in total. The van der Waals surface area contributed by atoms with Gasteiger partial charge in [-0.15, -0.1) is 0 Å². The number of nitrogens with zero attached hydrogens (tertiary/aromatic N) is 4. The van der Waals surface area contributed by atoms with Crippen LogP contribution in [0.4, 0.5) is 17.1 Å². The third-order valence-corrected chi connectivity index (χ3v) is 7.28. The summed E-state index contributed by atoms with van der Waals surface area (Å²) < 4.78 is 0. The number of hydrogen-bond acceptors (Lipinski definition) is 4. The van der Waals surface area contributed by atoms with Gasteiger partial charge in [-0.2, -0.15) is 5.10 Å². The molecule has 34 heavy (non-hydrogen) atoms. The van der Waals surface area contributed by atoms with Crippen LogP contribution >= 0.6 is 0 Å². The molecule has 0 amide bonds. The van der Waals surface area contributed by atoms with Crippen LogP contribution < -0.4 is 9.80 Å². The highest BCUT2D eigenvalue weighted by molar-refractivity contribution is 5.87. The van der Waals surface area contributed by atoms with Crippen molar-refractivity contribution in [1.82, 2.24) is 15.2 Å². The lowest BCUT2D eigenvalue weighted by Gasteiger charge is -2.32. The Kier molecular flexibility index (Phi) is 3.97. The molecule has 0 spiro atoms. The Morgan fingerprint density at radius 2 is 1.62 bits per heavy atom. The molecule has 7 rings (SSSR count). The average molecular weight is 442 g/mol. The molecule has 1 atom stereocenters. The number of anilines is 3. The molecule has 3 heterocycles. The molecule has 0 radical (unpaired) electrons. The van der Waals surface area contributed by atoms with Gasteiger partial charge in [0.2, 0.25) is 0 Å². The summed E-state index contributed by atoms with van der Waals surface area (Å²) in [6.07, 6.45) is 5.73. The molecule has 0 saturated carbocycles. The van der Waals surface area contributed by atoms with Crippen molar-refractivity contribution in [2.24, 2.45) is 0 Å². The maximum atomic E-state index is 4.56. The minimum Gasteiger partial charge on any atom is -0.355 e. The van der Waals surface area contributed by atoms with Gasteiger partial charge in [-0.05, 0) is 64.2 Å². The molecule has 2 aliphatic rings. The second-order valence-corrected chi connectivity index (χ2v) is 8.99. The van der Waals surface area contributed by atoms with E-state index in [0.717, 1.165) is 12.4 Å². The van der Waals surface area contributed by atoms with Crippen LogP contribution in [0, 0.1) is 0 Å². The van der Waals surface area contributed by atoms with Gasteiger partial charge in [0.25, 0.3) is 0 Å². The Hall–Kier alpha value is -4.38. The number of H-pyrrole nitrogens is 1. The maximum absolute atomic E-state index is 4.56. The SMILES string of the molecule is CN1CN(c2cccc(C3(c4ccn[nH]4)c4ccccc4-c4ccncc43)c2)c2ccccc21. The van der Waals surface area contributed by atoms with E-state index in [1.807, 2.05) is 18.6 Å². The molecule has 5 heteroatoms. The Bertz CT molecular complexity index is 1480. The highest BCUT2D eigenvalue weighted by Crippen LogP contribution is 2.55. The Morgan fingerprint density at radius 1 is 0.794 bits per heavy atom. The van der Waals surface area contributed by atoms with Gasteiger partial charge in [-0.25, -0.2) is 0 Å². The lowest BCUT2D eigenvalue weighted by atomic mass is 9.70. The molecular weight excluding hydrogens is 418 g/mol. The van der Waals surface area contributed by atoms with Gasteiger partial charge in [0.05, 0.1) is 29.2 Å². The summed E-state index contributed by atoms with van der Waals surface area (Å²) in [5, 5.41) is 7.67. The van der Waals surface area contributed by atoms with Crippen molar-refractivity contribution >= 4 is 17.1 Å². The van der Waals surface area contributed by atoms with Crippen molar-refractivity contribution in [3.63, 3.8) is 0 Å². The highest BCUT2D eigenvalue weighted by Gasteiger charge is 2.47. The molecule has 0 saturated heterocycles. The average Bonchev–Trinajstić information content (AvgIpc) is 3.61. The zero-order valence-electron chi connectivity index (χ0n) is 18.8. The van der Waals surface area contributed by atoms with Gasteiger partial charge in [0.15, 0.2) is 0 Å². The first-order chi connectivity index (χ1) is 16.8. The number of rotatable bonds is 3. The predicted molar refractivity (Wildman–Crippen MR) is 136 cm³/mol. The topological polar surface area (TPSA) is 48.0 Å². The second-order valence-electron chi connectivity index (χ2n) is 8.99. The van der Waals surface area contributed by atoms with E-state index >= 15 is 0 Å². The normalized spacial score (nSPS) is 18.0. The Balaban J connectivity index is 1.50. The van der Waals surface area contributed by atoms with Crippen LogP contribution in [0.3, 0.4) is 0 Å². The van der Waals surface area contributed by atoms with E-state index in [1.54, 1.807) is 0 Å². The molecule has 5 aromatic rings. The van der Waals surface area contributed by atoms with E-state index in [9.17, 15) is 0 Å². The fraction of sp³-hybridized carbons (Fsp3) is 0.103. The Labute approximate surface area is 198 Å². The molecule has 1 aliphatic heterocycles. The molecule has 0 bridgehead atoms. The van der Waals surface area contributed by atoms with Crippen LogP contribution in [0.25, 0.3) is 11.1 Å². The highest BCUT2D eigenvalue weighted by atomic mass is 15.4. The van der Waals surface area contributed by atoms with Crippen molar-refractivity contribution in [3.8, 4) is 11.1 Å².